The second kappa shape index (κ2) is 7.81. The second-order valence-corrected chi connectivity index (χ2v) is 3.62. The van der Waals surface area contributed by atoms with Gasteiger partial charge in [-0.2, -0.15) is 0 Å². The summed E-state index contributed by atoms with van der Waals surface area (Å²) in [5.74, 6) is 0.104. The van der Waals surface area contributed by atoms with Gasteiger partial charge in [0.15, 0.2) is 0 Å². The van der Waals surface area contributed by atoms with Crippen LogP contribution in [0.1, 0.15) is 25.7 Å². The van der Waals surface area contributed by atoms with Crippen molar-refractivity contribution in [1.29, 1.82) is 0 Å². The number of carbonyl (C=O) groups is 1. The molecule has 0 fully saturated rings. The summed E-state index contributed by atoms with van der Waals surface area (Å²) in [6.45, 7) is 2.12. The minimum Gasteiger partial charge on any atom is -0.356 e. The van der Waals surface area contributed by atoms with E-state index in [0.29, 0.717) is 19.5 Å². The topological polar surface area (TPSA) is 85.8 Å². The van der Waals surface area contributed by atoms with Crippen molar-refractivity contribution >= 4 is 5.91 Å². The van der Waals surface area contributed by atoms with Gasteiger partial charge in [-0.1, -0.05) is 5.21 Å². The highest BCUT2D eigenvalue weighted by Crippen LogP contribution is 1.93. The van der Waals surface area contributed by atoms with Crippen LogP contribution < -0.4 is 11.1 Å². The van der Waals surface area contributed by atoms with E-state index in [0.717, 1.165) is 25.8 Å². The molecule has 0 atom stereocenters. The maximum Gasteiger partial charge on any atom is 0.219 e. The Balaban J connectivity index is 1.96. The summed E-state index contributed by atoms with van der Waals surface area (Å²) >= 11 is 0. The van der Waals surface area contributed by atoms with Gasteiger partial charge in [0, 0.05) is 25.7 Å². The van der Waals surface area contributed by atoms with Gasteiger partial charge >= 0.3 is 0 Å². The van der Waals surface area contributed by atoms with Crippen LogP contribution in [0.5, 0.6) is 0 Å². The quantitative estimate of drug-likeness (QED) is 0.606. The second-order valence-electron chi connectivity index (χ2n) is 3.62. The lowest BCUT2D eigenvalue weighted by Crippen LogP contribution is -2.25. The molecule has 0 aliphatic carbocycles. The lowest BCUT2D eigenvalue weighted by molar-refractivity contribution is -0.121. The molecule has 6 nitrogen and oxygen atoms in total. The molecule has 0 radical (unpaired) electrons. The average molecular weight is 225 g/mol. The van der Waals surface area contributed by atoms with Crippen molar-refractivity contribution in [2.75, 3.05) is 13.1 Å². The molecule has 0 aromatic carbocycles. The van der Waals surface area contributed by atoms with E-state index in [2.05, 4.69) is 15.6 Å². The number of hydrogen-bond donors (Lipinski definition) is 2. The van der Waals surface area contributed by atoms with Gasteiger partial charge in [-0.3, -0.25) is 9.48 Å². The first-order chi connectivity index (χ1) is 7.83. The number of hydrogen-bond acceptors (Lipinski definition) is 4. The van der Waals surface area contributed by atoms with Gasteiger partial charge in [-0.15, -0.1) is 5.10 Å². The Bertz CT molecular complexity index is 285. The molecule has 1 aromatic rings. The van der Waals surface area contributed by atoms with Gasteiger partial charge in [-0.25, -0.2) is 0 Å². The summed E-state index contributed by atoms with van der Waals surface area (Å²) in [6.07, 6.45) is 6.67. The summed E-state index contributed by atoms with van der Waals surface area (Å²) < 4.78 is 1.75. The Labute approximate surface area is 95.2 Å². The third kappa shape index (κ3) is 5.45. The Morgan fingerprint density at radius 1 is 1.38 bits per heavy atom. The van der Waals surface area contributed by atoms with Crippen molar-refractivity contribution in [2.45, 2.75) is 32.2 Å². The fourth-order valence-electron chi connectivity index (χ4n) is 1.34. The third-order valence-electron chi connectivity index (χ3n) is 2.22. The summed E-state index contributed by atoms with van der Waals surface area (Å²) in [6, 6.07) is 0. The molecule has 0 saturated carbocycles. The molecule has 0 bridgehead atoms. The zero-order valence-corrected chi connectivity index (χ0v) is 9.43. The zero-order chi connectivity index (χ0) is 11.6. The Morgan fingerprint density at radius 2 is 2.25 bits per heavy atom. The van der Waals surface area contributed by atoms with Crippen molar-refractivity contribution in [3.8, 4) is 0 Å². The van der Waals surface area contributed by atoms with Gasteiger partial charge in [0.1, 0.15) is 0 Å². The predicted molar refractivity (Wildman–Crippen MR) is 60.6 cm³/mol. The van der Waals surface area contributed by atoms with Crippen LogP contribution in [-0.4, -0.2) is 34.0 Å². The van der Waals surface area contributed by atoms with Crippen LogP contribution in [0.4, 0.5) is 0 Å². The maximum absolute atomic E-state index is 11.3. The minimum atomic E-state index is 0.104. The summed E-state index contributed by atoms with van der Waals surface area (Å²) in [5, 5.41) is 10.4. The van der Waals surface area contributed by atoms with Crippen molar-refractivity contribution in [1.82, 2.24) is 20.3 Å². The van der Waals surface area contributed by atoms with E-state index < -0.39 is 0 Å². The Kier molecular flexibility index (Phi) is 6.17. The number of aromatic nitrogens is 3. The zero-order valence-electron chi connectivity index (χ0n) is 9.43. The highest BCUT2D eigenvalue weighted by atomic mass is 16.1. The summed E-state index contributed by atoms with van der Waals surface area (Å²) in [7, 11) is 0. The van der Waals surface area contributed by atoms with Crippen molar-refractivity contribution < 1.29 is 4.79 Å². The number of nitrogens with two attached hydrogens (primary N) is 1. The van der Waals surface area contributed by atoms with Crippen LogP contribution in [0.25, 0.3) is 0 Å². The van der Waals surface area contributed by atoms with E-state index in [1.54, 1.807) is 10.9 Å². The number of nitrogens with zero attached hydrogens (tertiary/aromatic N) is 3. The van der Waals surface area contributed by atoms with Crippen molar-refractivity contribution in [3.05, 3.63) is 12.4 Å². The van der Waals surface area contributed by atoms with Gasteiger partial charge in [-0.05, 0) is 25.8 Å². The average Bonchev–Trinajstić information content (AvgIpc) is 2.78. The number of amides is 1. The number of carbonyl (C=O) groups excluding carboxylic acids is 1. The molecule has 1 amide bonds. The van der Waals surface area contributed by atoms with Crippen LogP contribution >= 0.6 is 0 Å². The molecule has 1 rings (SSSR count). The minimum absolute atomic E-state index is 0.104. The van der Waals surface area contributed by atoms with E-state index in [-0.39, 0.29) is 5.91 Å². The molecule has 0 saturated heterocycles. The number of unbranched alkanes of at least 4 members (excludes halogenated alkanes) is 1. The first kappa shape index (κ1) is 12.6. The van der Waals surface area contributed by atoms with E-state index >= 15 is 0 Å². The Hall–Kier alpha value is -1.43. The molecule has 0 aliphatic heterocycles. The van der Waals surface area contributed by atoms with Gasteiger partial charge in [0.2, 0.25) is 5.91 Å². The molecule has 16 heavy (non-hydrogen) atoms. The lowest BCUT2D eigenvalue weighted by atomic mass is 10.2. The molecular weight excluding hydrogens is 206 g/mol. The van der Waals surface area contributed by atoms with Crippen molar-refractivity contribution in [3.63, 3.8) is 0 Å². The van der Waals surface area contributed by atoms with Crippen LogP contribution in [-0.2, 0) is 11.3 Å². The van der Waals surface area contributed by atoms with Gasteiger partial charge in [0.05, 0.1) is 6.20 Å². The largest absolute Gasteiger partial charge is 0.356 e. The lowest BCUT2D eigenvalue weighted by Gasteiger charge is -2.04. The molecule has 0 aliphatic rings. The number of nitrogens with one attached hydrogen (secondary N) is 1. The first-order valence-corrected chi connectivity index (χ1v) is 5.64. The Morgan fingerprint density at radius 3 is 2.94 bits per heavy atom. The number of rotatable bonds is 8. The highest BCUT2D eigenvalue weighted by Gasteiger charge is 1.99. The monoisotopic (exact) mass is 225 g/mol. The molecule has 3 N–H and O–H groups in total. The van der Waals surface area contributed by atoms with Crippen LogP contribution in [0, 0.1) is 0 Å². The van der Waals surface area contributed by atoms with E-state index in [1.807, 2.05) is 6.20 Å². The van der Waals surface area contributed by atoms with Crippen LogP contribution in [0.3, 0.4) is 0 Å². The highest BCUT2D eigenvalue weighted by molar-refractivity contribution is 5.75. The fraction of sp³-hybridized carbons (Fsp3) is 0.700. The van der Waals surface area contributed by atoms with Crippen LogP contribution in [0.2, 0.25) is 0 Å². The van der Waals surface area contributed by atoms with E-state index in [9.17, 15) is 4.79 Å². The summed E-state index contributed by atoms with van der Waals surface area (Å²) in [5.41, 5.74) is 5.34. The summed E-state index contributed by atoms with van der Waals surface area (Å²) in [4.78, 5) is 11.3. The molecule has 90 valence electrons. The molecule has 1 heterocycles. The van der Waals surface area contributed by atoms with Gasteiger partial charge in [0.25, 0.3) is 0 Å². The molecule has 0 unspecified atom stereocenters. The smallest absolute Gasteiger partial charge is 0.219 e. The van der Waals surface area contributed by atoms with Crippen molar-refractivity contribution in [2.24, 2.45) is 5.73 Å². The van der Waals surface area contributed by atoms with E-state index in [4.69, 9.17) is 5.73 Å². The normalized spacial score (nSPS) is 10.3. The first-order valence-electron chi connectivity index (χ1n) is 5.64. The van der Waals surface area contributed by atoms with Gasteiger partial charge < -0.3 is 11.1 Å². The maximum atomic E-state index is 11.3. The fourth-order valence-corrected chi connectivity index (χ4v) is 1.34. The number of aryl methyl sites for hydroxylation is 1. The SMILES string of the molecule is NCCCCC(=O)NCCCn1ccnn1. The van der Waals surface area contributed by atoms with Crippen LogP contribution in [0.15, 0.2) is 12.4 Å². The predicted octanol–water partition coefficient (Wildman–Crippen LogP) is -0.0866. The van der Waals surface area contributed by atoms with E-state index in [1.165, 1.54) is 0 Å². The molecule has 6 heteroatoms. The molecule has 1 aromatic heterocycles. The molecular formula is C10H19N5O. The third-order valence-corrected chi connectivity index (χ3v) is 2.22. The standard InChI is InChI=1S/C10H19N5O/c11-5-2-1-4-10(16)12-6-3-8-15-9-7-13-14-15/h7,9H,1-6,8,11H2,(H,12,16). The molecule has 0 spiro atoms.